The van der Waals surface area contributed by atoms with Crippen molar-refractivity contribution in [2.75, 3.05) is 11.6 Å². The second kappa shape index (κ2) is 7.25. The molecule has 4 aromatic rings. The minimum Gasteiger partial charge on any atom is -0.353 e. The van der Waals surface area contributed by atoms with Crippen LogP contribution >= 0.6 is 0 Å². The van der Waals surface area contributed by atoms with E-state index in [2.05, 4.69) is 45.4 Å². The minimum atomic E-state index is -3.40. The van der Waals surface area contributed by atoms with E-state index in [0.29, 0.717) is 11.4 Å². The van der Waals surface area contributed by atoms with Crippen molar-refractivity contribution in [3.8, 4) is 11.1 Å². The molecule has 4 rings (SSSR count). The maximum atomic E-state index is 12.1. The number of fused-ring (bicyclic) bond motifs is 1. The molecule has 0 radical (unpaired) electrons. The molecule has 0 aliphatic heterocycles. The molecule has 146 valence electrons. The molecular formula is C22H20N4O2S. The van der Waals surface area contributed by atoms with Crippen LogP contribution in [-0.2, 0) is 9.84 Å². The van der Waals surface area contributed by atoms with E-state index >= 15 is 0 Å². The zero-order valence-corrected chi connectivity index (χ0v) is 17.2. The number of aryl methyl sites for hydroxylation is 2. The second-order valence-electron chi connectivity index (χ2n) is 7.04. The standard InChI is InChI=1S/C22H20N4O2S/c1-14-4-5-15(2)17(10-14)18-11-16(12-19-22(18)25-9-8-24-19)26-20-13-23-7-6-21(20)29(3,27)28/h4-13,26H,1-3H3. The number of nitrogens with one attached hydrogen (secondary N) is 1. The summed E-state index contributed by atoms with van der Waals surface area (Å²) in [6.07, 6.45) is 7.47. The number of sulfone groups is 1. The average Bonchev–Trinajstić information content (AvgIpc) is 2.69. The summed E-state index contributed by atoms with van der Waals surface area (Å²) in [5.41, 5.74) is 6.92. The van der Waals surface area contributed by atoms with Gasteiger partial charge in [0.05, 0.1) is 27.8 Å². The maximum absolute atomic E-state index is 12.1. The van der Waals surface area contributed by atoms with Gasteiger partial charge in [-0.3, -0.25) is 15.0 Å². The first-order valence-electron chi connectivity index (χ1n) is 9.06. The molecule has 2 heterocycles. The Morgan fingerprint density at radius 2 is 1.69 bits per heavy atom. The fourth-order valence-corrected chi connectivity index (χ4v) is 4.14. The third-order valence-electron chi connectivity index (χ3n) is 4.72. The van der Waals surface area contributed by atoms with Crippen LogP contribution in [0.15, 0.2) is 66.1 Å². The number of hydrogen-bond acceptors (Lipinski definition) is 6. The summed E-state index contributed by atoms with van der Waals surface area (Å²) in [6.45, 7) is 4.10. The third-order valence-corrected chi connectivity index (χ3v) is 5.87. The van der Waals surface area contributed by atoms with Crippen LogP contribution < -0.4 is 5.32 Å². The van der Waals surface area contributed by atoms with E-state index < -0.39 is 9.84 Å². The quantitative estimate of drug-likeness (QED) is 0.541. The van der Waals surface area contributed by atoms with Gasteiger partial charge in [0.2, 0.25) is 0 Å². The Bertz CT molecular complexity index is 1330. The molecule has 2 aromatic heterocycles. The van der Waals surface area contributed by atoms with Gasteiger partial charge in [0, 0.05) is 36.1 Å². The average molecular weight is 404 g/mol. The van der Waals surface area contributed by atoms with Gasteiger partial charge in [0.25, 0.3) is 0 Å². The van der Waals surface area contributed by atoms with E-state index in [4.69, 9.17) is 0 Å². The predicted molar refractivity (Wildman–Crippen MR) is 115 cm³/mol. The molecule has 29 heavy (non-hydrogen) atoms. The number of benzene rings is 2. The van der Waals surface area contributed by atoms with Gasteiger partial charge in [-0.1, -0.05) is 23.8 Å². The van der Waals surface area contributed by atoms with Crippen LogP contribution in [0.25, 0.3) is 22.2 Å². The highest BCUT2D eigenvalue weighted by Gasteiger charge is 2.15. The lowest BCUT2D eigenvalue weighted by Crippen LogP contribution is -2.03. The number of aromatic nitrogens is 3. The number of anilines is 2. The summed E-state index contributed by atoms with van der Waals surface area (Å²) in [6, 6.07) is 11.6. The highest BCUT2D eigenvalue weighted by molar-refractivity contribution is 7.90. The van der Waals surface area contributed by atoms with Crippen LogP contribution in [0, 0.1) is 13.8 Å². The van der Waals surface area contributed by atoms with E-state index in [1.165, 1.54) is 24.7 Å². The molecule has 0 saturated heterocycles. The van der Waals surface area contributed by atoms with E-state index in [9.17, 15) is 8.42 Å². The van der Waals surface area contributed by atoms with Crippen LogP contribution in [-0.4, -0.2) is 29.6 Å². The fraction of sp³-hybridized carbons (Fsp3) is 0.136. The van der Waals surface area contributed by atoms with Crippen molar-refractivity contribution < 1.29 is 8.42 Å². The van der Waals surface area contributed by atoms with Crippen LogP contribution in [0.3, 0.4) is 0 Å². The highest BCUT2D eigenvalue weighted by Crippen LogP contribution is 2.34. The smallest absolute Gasteiger partial charge is 0.177 e. The number of hydrogen-bond donors (Lipinski definition) is 1. The fourth-order valence-electron chi connectivity index (χ4n) is 3.33. The van der Waals surface area contributed by atoms with Crippen molar-refractivity contribution in [1.82, 2.24) is 15.0 Å². The first-order chi connectivity index (χ1) is 13.8. The molecule has 7 heteroatoms. The summed E-state index contributed by atoms with van der Waals surface area (Å²) >= 11 is 0. The summed E-state index contributed by atoms with van der Waals surface area (Å²) in [7, 11) is -3.40. The monoisotopic (exact) mass is 404 g/mol. The summed E-state index contributed by atoms with van der Waals surface area (Å²) < 4.78 is 24.3. The molecule has 0 amide bonds. The Labute approximate surface area is 169 Å². The Morgan fingerprint density at radius 3 is 2.48 bits per heavy atom. The Morgan fingerprint density at radius 1 is 0.897 bits per heavy atom. The second-order valence-corrected chi connectivity index (χ2v) is 9.02. The third kappa shape index (κ3) is 3.82. The number of pyridine rings is 1. The molecule has 0 atom stereocenters. The van der Waals surface area contributed by atoms with E-state index in [1.54, 1.807) is 12.4 Å². The Kier molecular flexibility index (Phi) is 4.76. The van der Waals surface area contributed by atoms with E-state index in [-0.39, 0.29) is 4.90 Å². The van der Waals surface area contributed by atoms with Crippen LogP contribution in [0.4, 0.5) is 11.4 Å². The van der Waals surface area contributed by atoms with Crippen molar-refractivity contribution in [1.29, 1.82) is 0 Å². The number of nitrogens with zero attached hydrogens (tertiary/aromatic N) is 3. The minimum absolute atomic E-state index is 0.194. The summed E-state index contributed by atoms with van der Waals surface area (Å²) in [5.74, 6) is 0. The summed E-state index contributed by atoms with van der Waals surface area (Å²) in [4.78, 5) is 13.3. The first-order valence-corrected chi connectivity index (χ1v) is 11.0. The predicted octanol–water partition coefficient (Wildman–Crippen LogP) is 4.46. The largest absolute Gasteiger partial charge is 0.353 e. The van der Waals surface area contributed by atoms with Gasteiger partial charge in [-0.05, 0) is 43.2 Å². The zero-order valence-electron chi connectivity index (χ0n) is 16.3. The maximum Gasteiger partial charge on any atom is 0.177 e. The highest BCUT2D eigenvalue weighted by atomic mass is 32.2. The van der Waals surface area contributed by atoms with Crippen LogP contribution in [0.2, 0.25) is 0 Å². The van der Waals surface area contributed by atoms with Gasteiger partial charge in [-0.2, -0.15) is 0 Å². The van der Waals surface area contributed by atoms with Crippen LogP contribution in [0.5, 0.6) is 0 Å². The van der Waals surface area contributed by atoms with Gasteiger partial charge in [-0.25, -0.2) is 8.42 Å². The molecule has 0 unspecified atom stereocenters. The first kappa shape index (κ1) is 19.0. The molecule has 0 bridgehead atoms. The molecule has 0 saturated carbocycles. The molecule has 0 fully saturated rings. The molecule has 2 aromatic carbocycles. The number of rotatable bonds is 4. The normalized spacial score (nSPS) is 11.6. The van der Waals surface area contributed by atoms with Gasteiger partial charge < -0.3 is 5.32 Å². The van der Waals surface area contributed by atoms with Crippen molar-refractivity contribution in [2.24, 2.45) is 0 Å². The summed E-state index contributed by atoms with van der Waals surface area (Å²) in [5, 5.41) is 3.21. The van der Waals surface area contributed by atoms with Gasteiger partial charge in [-0.15, -0.1) is 0 Å². The Balaban J connectivity index is 1.92. The molecule has 0 spiro atoms. The van der Waals surface area contributed by atoms with Crippen LogP contribution in [0.1, 0.15) is 11.1 Å². The topological polar surface area (TPSA) is 84.8 Å². The van der Waals surface area contributed by atoms with Crippen molar-refractivity contribution >= 4 is 32.2 Å². The molecule has 6 nitrogen and oxygen atoms in total. The van der Waals surface area contributed by atoms with Gasteiger partial charge >= 0.3 is 0 Å². The molecule has 1 N–H and O–H groups in total. The lowest BCUT2D eigenvalue weighted by Gasteiger charge is -2.15. The Hall–Kier alpha value is -3.32. The molecule has 0 aliphatic rings. The lowest BCUT2D eigenvalue weighted by atomic mass is 9.96. The van der Waals surface area contributed by atoms with Crippen molar-refractivity contribution in [3.63, 3.8) is 0 Å². The van der Waals surface area contributed by atoms with Crippen molar-refractivity contribution in [3.05, 3.63) is 72.3 Å². The SMILES string of the molecule is Cc1ccc(C)c(-c2cc(Nc3cnccc3S(C)(=O)=O)cc3nccnc23)c1. The van der Waals surface area contributed by atoms with E-state index in [0.717, 1.165) is 33.3 Å². The van der Waals surface area contributed by atoms with Crippen molar-refractivity contribution in [2.45, 2.75) is 18.7 Å². The molecular weight excluding hydrogens is 384 g/mol. The van der Waals surface area contributed by atoms with Gasteiger partial charge in [0.15, 0.2) is 9.84 Å². The zero-order chi connectivity index (χ0) is 20.6. The molecule has 0 aliphatic carbocycles. The van der Waals surface area contributed by atoms with E-state index in [1.807, 2.05) is 19.1 Å². The van der Waals surface area contributed by atoms with Gasteiger partial charge in [0.1, 0.15) is 0 Å². The lowest BCUT2D eigenvalue weighted by molar-refractivity contribution is 0.602.